The number of nitriles is 1. The molecule has 1 aromatic heterocycles. The second-order valence-corrected chi connectivity index (χ2v) is 2.74. The maximum Gasteiger partial charge on any atom is 0.141 e. The van der Waals surface area contributed by atoms with Crippen molar-refractivity contribution < 1.29 is 0 Å². The molecule has 0 saturated carbocycles. The van der Waals surface area contributed by atoms with Gasteiger partial charge in [-0.2, -0.15) is 17.9 Å². The Hall–Kier alpha value is -1.45. The zero-order valence-electron chi connectivity index (χ0n) is 6.99. The van der Waals surface area contributed by atoms with E-state index in [1.54, 1.807) is 18.2 Å². The zero-order valence-corrected chi connectivity index (χ0v) is 7.88. The molecule has 0 aromatic carbocycles. The summed E-state index contributed by atoms with van der Waals surface area (Å²) in [6.45, 7) is 0. The van der Waals surface area contributed by atoms with Crippen molar-refractivity contribution in [3.8, 4) is 17.9 Å². The Balaban J connectivity index is 2.81. The first-order valence-corrected chi connectivity index (χ1v) is 4.47. The number of thiol groups is 1. The average molecular weight is 188 g/mol. The Labute approximate surface area is 83.0 Å². The fraction of sp³-hybridized carbons (Fsp3) is 0.200. The van der Waals surface area contributed by atoms with Gasteiger partial charge in [0.2, 0.25) is 0 Å². The van der Waals surface area contributed by atoms with E-state index < -0.39 is 0 Å². The van der Waals surface area contributed by atoms with Crippen LogP contribution in [-0.4, -0.2) is 10.7 Å². The molecular weight excluding hydrogens is 180 g/mol. The molecule has 0 aliphatic rings. The fourth-order valence-electron chi connectivity index (χ4n) is 0.776. The molecule has 0 amide bonds. The van der Waals surface area contributed by atoms with Gasteiger partial charge in [-0.1, -0.05) is 12.0 Å². The van der Waals surface area contributed by atoms with Crippen molar-refractivity contribution in [1.29, 1.82) is 5.26 Å². The van der Waals surface area contributed by atoms with Crippen molar-refractivity contribution in [2.45, 2.75) is 6.42 Å². The van der Waals surface area contributed by atoms with E-state index in [9.17, 15) is 0 Å². The molecule has 0 spiro atoms. The van der Waals surface area contributed by atoms with Gasteiger partial charge in [0, 0.05) is 12.2 Å². The monoisotopic (exact) mass is 188 g/mol. The van der Waals surface area contributed by atoms with E-state index in [1.807, 2.05) is 6.07 Å². The fourth-order valence-corrected chi connectivity index (χ4v) is 0.887. The molecule has 0 saturated heterocycles. The summed E-state index contributed by atoms with van der Waals surface area (Å²) in [4.78, 5) is 4.00. The van der Waals surface area contributed by atoms with Gasteiger partial charge in [0.25, 0.3) is 0 Å². The predicted molar refractivity (Wildman–Crippen MR) is 54.3 cm³/mol. The van der Waals surface area contributed by atoms with E-state index in [4.69, 9.17) is 5.26 Å². The lowest BCUT2D eigenvalue weighted by Crippen LogP contribution is -1.85. The van der Waals surface area contributed by atoms with Gasteiger partial charge in [-0.3, -0.25) is 0 Å². The maximum absolute atomic E-state index is 8.56. The topological polar surface area (TPSA) is 36.7 Å². The molecule has 0 radical (unpaired) electrons. The van der Waals surface area contributed by atoms with E-state index in [1.165, 1.54) is 0 Å². The second-order valence-electron chi connectivity index (χ2n) is 2.30. The maximum atomic E-state index is 8.56. The van der Waals surface area contributed by atoms with Gasteiger partial charge in [-0.25, -0.2) is 4.98 Å². The first-order valence-electron chi connectivity index (χ1n) is 3.83. The minimum atomic E-state index is 0.401. The molecule has 64 valence electrons. The Morgan fingerprint density at radius 1 is 1.38 bits per heavy atom. The molecule has 0 fully saturated rings. The van der Waals surface area contributed by atoms with Crippen LogP contribution in [-0.2, 0) is 0 Å². The standard InChI is InChI=1S/C10H8N2S/c11-8-10-6-3-5-9(12-10)4-1-2-7-13/h3,5-6,13H,2,7H2. The van der Waals surface area contributed by atoms with Gasteiger partial charge in [0.15, 0.2) is 0 Å². The summed E-state index contributed by atoms with van der Waals surface area (Å²) < 4.78 is 0. The predicted octanol–water partition coefficient (Wildman–Crippen LogP) is 1.62. The van der Waals surface area contributed by atoms with Crippen LogP contribution in [0.25, 0.3) is 0 Å². The summed E-state index contributed by atoms with van der Waals surface area (Å²) in [5.74, 6) is 6.50. The van der Waals surface area contributed by atoms with Crippen LogP contribution >= 0.6 is 12.6 Å². The smallest absolute Gasteiger partial charge is 0.141 e. The van der Waals surface area contributed by atoms with Crippen LogP contribution in [0.1, 0.15) is 17.8 Å². The molecule has 1 rings (SSSR count). The van der Waals surface area contributed by atoms with Crippen LogP contribution in [0, 0.1) is 23.2 Å². The molecule has 1 aromatic rings. The highest BCUT2D eigenvalue weighted by Gasteiger charge is 1.91. The van der Waals surface area contributed by atoms with Gasteiger partial charge in [-0.15, -0.1) is 0 Å². The van der Waals surface area contributed by atoms with Crippen molar-refractivity contribution in [3.05, 3.63) is 29.6 Å². The highest BCUT2D eigenvalue weighted by atomic mass is 32.1. The number of hydrogen-bond donors (Lipinski definition) is 1. The summed E-state index contributed by atoms with van der Waals surface area (Å²) in [5, 5.41) is 8.56. The Kier molecular flexibility index (Phi) is 3.88. The van der Waals surface area contributed by atoms with Crippen molar-refractivity contribution in [2.24, 2.45) is 0 Å². The van der Waals surface area contributed by atoms with Gasteiger partial charge in [0.05, 0.1) is 0 Å². The van der Waals surface area contributed by atoms with Crippen LogP contribution in [0.5, 0.6) is 0 Å². The Morgan fingerprint density at radius 2 is 2.15 bits per heavy atom. The van der Waals surface area contributed by atoms with E-state index in [0.29, 0.717) is 11.4 Å². The van der Waals surface area contributed by atoms with E-state index >= 15 is 0 Å². The summed E-state index contributed by atoms with van der Waals surface area (Å²) >= 11 is 4.03. The molecule has 1 heterocycles. The van der Waals surface area contributed by atoms with Gasteiger partial charge >= 0.3 is 0 Å². The third-order valence-electron chi connectivity index (χ3n) is 1.32. The SMILES string of the molecule is N#Cc1cccc(C#CCCS)n1. The summed E-state index contributed by atoms with van der Waals surface area (Å²) in [6.07, 6.45) is 0.738. The van der Waals surface area contributed by atoms with Crippen LogP contribution in [0.4, 0.5) is 0 Å². The third-order valence-corrected chi connectivity index (χ3v) is 1.54. The second kappa shape index (κ2) is 5.24. The molecule has 0 atom stereocenters. The highest BCUT2D eigenvalue weighted by molar-refractivity contribution is 7.80. The first-order chi connectivity index (χ1) is 6.36. The Bertz CT molecular complexity index is 382. The highest BCUT2D eigenvalue weighted by Crippen LogP contribution is 1.96. The number of nitrogens with zero attached hydrogens (tertiary/aromatic N) is 2. The van der Waals surface area contributed by atoms with E-state index in [-0.39, 0.29) is 0 Å². The lowest BCUT2D eigenvalue weighted by atomic mass is 10.3. The average Bonchev–Trinajstić information content (AvgIpc) is 2.19. The quantitative estimate of drug-likeness (QED) is 0.537. The van der Waals surface area contributed by atoms with Gasteiger partial charge in [-0.05, 0) is 18.1 Å². The molecular formula is C10H8N2S. The summed E-state index contributed by atoms with van der Waals surface area (Å²) in [5.41, 5.74) is 1.04. The largest absolute Gasteiger partial charge is 0.229 e. The molecule has 0 N–H and O–H groups in total. The minimum absolute atomic E-state index is 0.401. The lowest BCUT2D eigenvalue weighted by molar-refractivity contribution is 1.23. The molecule has 0 aliphatic heterocycles. The van der Waals surface area contributed by atoms with Crippen molar-refractivity contribution in [2.75, 3.05) is 5.75 Å². The first kappa shape index (κ1) is 9.64. The van der Waals surface area contributed by atoms with Crippen molar-refractivity contribution in [3.63, 3.8) is 0 Å². The van der Waals surface area contributed by atoms with Gasteiger partial charge in [0.1, 0.15) is 17.5 Å². The van der Waals surface area contributed by atoms with E-state index in [0.717, 1.165) is 12.2 Å². The molecule has 0 bridgehead atoms. The van der Waals surface area contributed by atoms with Crippen molar-refractivity contribution >= 4 is 12.6 Å². The van der Waals surface area contributed by atoms with Crippen LogP contribution in [0.15, 0.2) is 18.2 Å². The normalized spacial score (nSPS) is 8.31. The molecule has 3 heteroatoms. The Morgan fingerprint density at radius 3 is 2.85 bits per heavy atom. The van der Waals surface area contributed by atoms with Crippen molar-refractivity contribution in [1.82, 2.24) is 4.98 Å². The number of pyridine rings is 1. The minimum Gasteiger partial charge on any atom is -0.229 e. The summed E-state index contributed by atoms with van der Waals surface area (Å²) in [6, 6.07) is 7.18. The third kappa shape index (κ3) is 3.19. The van der Waals surface area contributed by atoms with Crippen LogP contribution < -0.4 is 0 Å². The number of hydrogen-bond acceptors (Lipinski definition) is 3. The van der Waals surface area contributed by atoms with Crippen LogP contribution in [0.2, 0.25) is 0 Å². The number of rotatable bonds is 1. The molecule has 0 aliphatic carbocycles. The van der Waals surface area contributed by atoms with Gasteiger partial charge < -0.3 is 0 Å². The lowest BCUT2D eigenvalue weighted by Gasteiger charge is -1.89. The summed E-state index contributed by atoms with van der Waals surface area (Å²) in [7, 11) is 0. The van der Waals surface area contributed by atoms with Crippen LogP contribution in [0.3, 0.4) is 0 Å². The zero-order chi connectivity index (χ0) is 9.52. The van der Waals surface area contributed by atoms with E-state index in [2.05, 4.69) is 29.5 Å². The molecule has 2 nitrogen and oxygen atoms in total. The number of aromatic nitrogens is 1. The molecule has 13 heavy (non-hydrogen) atoms. The molecule has 0 unspecified atom stereocenters.